The zero-order chi connectivity index (χ0) is 5.70. The van der Waals surface area contributed by atoms with Crippen molar-refractivity contribution in [3.8, 4) is 0 Å². The molecule has 0 rings (SSSR count). The van der Waals surface area contributed by atoms with Gasteiger partial charge in [0.15, 0.2) is 0 Å². The van der Waals surface area contributed by atoms with Crippen LogP contribution in [-0.2, 0) is 0 Å². The van der Waals surface area contributed by atoms with Crippen molar-refractivity contribution < 1.29 is 0 Å². The molecule has 1 atom stereocenters. The summed E-state index contributed by atoms with van der Waals surface area (Å²) >= 11 is 0. The highest BCUT2D eigenvalue weighted by Crippen LogP contribution is 2.00. The van der Waals surface area contributed by atoms with Gasteiger partial charge in [0, 0.05) is 0 Å². The Hall–Kier alpha value is -0.520. The average molecular weight is 95.2 g/mol. The van der Waals surface area contributed by atoms with Crippen molar-refractivity contribution in [2.24, 2.45) is 5.92 Å². The van der Waals surface area contributed by atoms with Crippen LogP contribution in [0.15, 0.2) is 18.7 Å². The van der Waals surface area contributed by atoms with Gasteiger partial charge in [0.25, 0.3) is 0 Å². The fourth-order valence-electron chi connectivity index (χ4n) is 0.311. The first-order valence-electron chi connectivity index (χ1n) is 2.47. The number of rotatable bonds is 3. The van der Waals surface area contributed by atoms with Crippen LogP contribution in [-0.4, -0.2) is 0 Å². The van der Waals surface area contributed by atoms with Gasteiger partial charge in [0.05, 0.1) is 0 Å². The van der Waals surface area contributed by atoms with E-state index in [1.807, 2.05) is 6.08 Å². The van der Waals surface area contributed by atoms with Crippen LogP contribution in [0.2, 0.25) is 0 Å². The molecule has 0 aliphatic heterocycles. The second kappa shape index (κ2) is 3.66. The summed E-state index contributed by atoms with van der Waals surface area (Å²) in [5.74, 6) is 0.532. The molecule has 0 spiro atoms. The van der Waals surface area contributed by atoms with Gasteiger partial charge >= 0.3 is 0 Å². The molecule has 0 aromatic rings. The molecule has 1 unspecified atom stereocenters. The summed E-state index contributed by atoms with van der Waals surface area (Å²) in [6, 6.07) is 0. The number of allylic oxidation sites excluding steroid dienone is 2. The molecule has 39 valence electrons. The van der Waals surface area contributed by atoms with Gasteiger partial charge in [-0.05, 0) is 12.3 Å². The van der Waals surface area contributed by atoms with E-state index in [1.54, 1.807) is 6.08 Å². The Balaban J connectivity index is 3.15. The number of hydrogen-bond acceptors (Lipinski definition) is 0. The van der Waals surface area contributed by atoms with E-state index in [9.17, 15) is 0 Å². The Bertz CT molecular complexity index is 62.4. The van der Waals surface area contributed by atoms with Crippen LogP contribution in [0, 0.1) is 12.5 Å². The Morgan fingerprint density at radius 3 is 2.57 bits per heavy atom. The molecule has 0 amide bonds. The molecule has 0 heteroatoms. The van der Waals surface area contributed by atoms with Crippen molar-refractivity contribution in [3.05, 3.63) is 25.3 Å². The first-order chi connectivity index (χ1) is 3.31. The van der Waals surface area contributed by atoms with Crippen LogP contribution < -0.4 is 0 Å². The Kier molecular flexibility index (Phi) is 3.39. The lowest BCUT2D eigenvalue weighted by Crippen LogP contribution is -1.82. The molecule has 0 bridgehead atoms. The van der Waals surface area contributed by atoms with Crippen LogP contribution in [0.25, 0.3) is 0 Å². The summed E-state index contributed by atoms with van der Waals surface area (Å²) in [6.07, 6.45) is 4.49. The van der Waals surface area contributed by atoms with E-state index in [4.69, 9.17) is 6.58 Å². The van der Waals surface area contributed by atoms with Crippen LogP contribution in [0.5, 0.6) is 0 Å². The molecule has 0 nitrogen and oxygen atoms in total. The van der Waals surface area contributed by atoms with E-state index in [0.29, 0.717) is 5.92 Å². The fraction of sp³-hybridized carbons (Fsp3) is 0.429. The lowest BCUT2D eigenvalue weighted by atomic mass is 10.1. The Morgan fingerprint density at radius 1 is 1.86 bits per heavy atom. The van der Waals surface area contributed by atoms with Crippen LogP contribution in [0.3, 0.4) is 0 Å². The average Bonchev–Trinajstić information content (AvgIpc) is 1.68. The minimum absolute atomic E-state index is 0.532. The second-order valence-electron chi connectivity index (χ2n) is 1.68. The van der Waals surface area contributed by atoms with Crippen molar-refractivity contribution in [1.29, 1.82) is 0 Å². The van der Waals surface area contributed by atoms with E-state index in [1.165, 1.54) is 0 Å². The minimum Gasteiger partial charge on any atom is -0.103 e. The van der Waals surface area contributed by atoms with Gasteiger partial charge in [-0.1, -0.05) is 25.7 Å². The zero-order valence-electron chi connectivity index (χ0n) is 4.72. The maximum absolute atomic E-state index is 5.13. The first-order valence-corrected chi connectivity index (χ1v) is 2.47. The lowest BCUT2D eigenvalue weighted by Gasteiger charge is -1.95. The third-order valence-corrected chi connectivity index (χ3v) is 0.910. The molecular formula is C7H11. The molecule has 0 aromatic carbocycles. The van der Waals surface area contributed by atoms with E-state index < -0.39 is 0 Å². The monoisotopic (exact) mass is 95.1 g/mol. The standard InChI is InChI=1S/C7H11/c1-4-6-7(3)5-2/h1,4-5,7H,2,6H2,3H3. The van der Waals surface area contributed by atoms with Crippen molar-refractivity contribution in [1.82, 2.24) is 0 Å². The highest BCUT2D eigenvalue weighted by molar-refractivity contribution is 4.80. The largest absolute Gasteiger partial charge is 0.103 e. The molecule has 0 heterocycles. The summed E-state index contributed by atoms with van der Waals surface area (Å²) in [5, 5.41) is 0. The van der Waals surface area contributed by atoms with E-state index in [0.717, 1.165) is 6.42 Å². The predicted octanol–water partition coefficient (Wildman–Crippen LogP) is 2.19. The van der Waals surface area contributed by atoms with Crippen LogP contribution in [0.4, 0.5) is 0 Å². The van der Waals surface area contributed by atoms with Gasteiger partial charge in [0.2, 0.25) is 0 Å². The molecule has 0 fully saturated rings. The Labute approximate surface area is 45.5 Å². The quantitative estimate of drug-likeness (QED) is 0.471. The van der Waals surface area contributed by atoms with Gasteiger partial charge in [-0.25, -0.2) is 0 Å². The molecule has 0 aliphatic carbocycles. The lowest BCUT2D eigenvalue weighted by molar-refractivity contribution is 0.747. The third-order valence-electron chi connectivity index (χ3n) is 0.910. The summed E-state index contributed by atoms with van der Waals surface area (Å²) in [6.45, 7) is 10.8. The molecule has 0 aliphatic rings. The van der Waals surface area contributed by atoms with Crippen molar-refractivity contribution in [3.63, 3.8) is 0 Å². The normalized spacial score (nSPS) is 12.7. The van der Waals surface area contributed by atoms with E-state index >= 15 is 0 Å². The second-order valence-corrected chi connectivity index (χ2v) is 1.68. The molecule has 1 radical (unpaired) electrons. The van der Waals surface area contributed by atoms with Gasteiger partial charge < -0.3 is 0 Å². The summed E-state index contributed by atoms with van der Waals surface area (Å²) in [7, 11) is 0. The molecule has 0 saturated carbocycles. The first kappa shape index (κ1) is 6.48. The maximum atomic E-state index is 5.13. The SMILES string of the molecule is [CH]=CCC(C)C=C. The van der Waals surface area contributed by atoms with Gasteiger partial charge in [-0.15, -0.1) is 6.58 Å². The smallest absolute Gasteiger partial charge is 0.0230 e. The third kappa shape index (κ3) is 3.31. The van der Waals surface area contributed by atoms with E-state index in [2.05, 4.69) is 13.5 Å². The highest BCUT2D eigenvalue weighted by Gasteiger charge is 1.86. The maximum Gasteiger partial charge on any atom is -0.0230 e. The molecular weight excluding hydrogens is 84.1 g/mol. The fourth-order valence-corrected chi connectivity index (χ4v) is 0.311. The molecule has 7 heavy (non-hydrogen) atoms. The van der Waals surface area contributed by atoms with Crippen LogP contribution >= 0.6 is 0 Å². The van der Waals surface area contributed by atoms with Gasteiger partial charge in [-0.2, -0.15) is 0 Å². The number of hydrogen-bond donors (Lipinski definition) is 0. The van der Waals surface area contributed by atoms with Crippen molar-refractivity contribution >= 4 is 0 Å². The topological polar surface area (TPSA) is 0 Å². The molecule has 0 aromatic heterocycles. The van der Waals surface area contributed by atoms with Crippen LogP contribution in [0.1, 0.15) is 13.3 Å². The summed E-state index contributed by atoms with van der Waals surface area (Å²) in [4.78, 5) is 0. The van der Waals surface area contributed by atoms with Crippen molar-refractivity contribution in [2.45, 2.75) is 13.3 Å². The predicted molar refractivity (Wildman–Crippen MR) is 32.8 cm³/mol. The summed E-state index contributed by atoms with van der Waals surface area (Å²) < 4.78 is 0. The van der Waals surface area contributed by atoms with Crippen molar-refractivity contribution in [2.75, 3.05) is 0 Å². The highest BCUT2D eigenvalue weighted by atomic mass is 13.9. The van der Waals surface area contributed by atoms with E-state index in [-0.39, 0.29) is 0 Å². The zero-order valence-corrected chi connectivity index (χ0v) is 4.72. The molecule has 0 N–H and O–H groups in total. The van der Waals surface area contributed by atoms with Gasteiger partial charge in [0.1, 0.15) is 0 Å². The minimum atomic E-state index is 0.532. The van der Waals surface area contributed by atoms with Gasteiger partial charge in [-0.3, -0.25) is 0 Å². The Morgan fingerprint density at radius 2 is 2.43 bits per heavy atom. The molecule has 0 saturated heterocycles. The summed E-state index contributed by atoms with van der Waals surface area (Å²) in [5.41, 5.74) is 0.